The number of aryl methyl sites for hydroxylation is 3. The van der Waals surface area contributed by atoms with Gasteiger partial charge in [-0.3, -0.25) is 4.79 Å². The third-order valence-electron chi connectivity index (χ3n) is 4.16. The van der Waals surface area contributed by atoms with Crippen molar-refractivity contribution in [3.63, 3.8) is 0 Å². The Morgan fingerprint density at radius 3 is 2.38 bits per heavy atom. The fourth-order valence-electron chi connectivity index (χ4n) is 2.69. The number of benzene rings is 2. The Morgan fingerprint density at radius 1 is 1.00 bits per heavy atom. The van der Waals surface area contributed by atoms with Crippen molar-refractivity contribution >= 4 is 5.91 Å². The predicted molar refractivity (Wildman–Crippen MR) is 93.2 cm³/mol. The molecule has 0 saturated carbocycles. The molecule has 1 amide bonds. The molecule has 0 spiro atoms. The number of carbonyl (C=O) groups excluding carboxylic acids is 1. The zero-order valence-electron chi connectivity index (χ0n) is 14.1. The highest BCUT2D eigenvalue weighted by molar-refractivity contribution is 5.91. The molecule has 1 N–H and O–H groups in total. The van der Waals surface area contributed by atoms with Gasteiger partial charge < -0.3 is 5.32 Å². The van der Waals surface area contributed by atoms with Crippen LogP contribution in [0.4, 0.5) is 0 Å². The fraction of sp³-hybridized carbons (Fsp3) is 0.211. The topological polar surface area (TPSA) is 59.8 Å². The molecule has 0 unspecified atom stereocenters. The van der Waals surface area contributed by atoms with Gasteiger partial charge in [-0.2, -0.15) is 0 Å². The largest absolute Gasteiger partial charge is 0.346 e. The number of amides is 1. The summed E-state index contributed by atoms with van der Waals surface area (Å²) >= 11 is 0. The molecule has 5 heteroatoms. The van der Waals surface area contributed by atoms with E-state index in [1.807, 2.05) is 63.2 Å². The lowest BCUT2D eigenvalue weighted by Gasteiger charge is -2.10. The molecule has 3 aromatic rings. The summed E-state index contributed by atoms with van der Waals surface area (Å²) in [5.74, 6) is -0.225. The molecule has 0 radical (unpaired) electrons. The lowest BCUT2D eigenvalue weighted by Crippen LogP contribution is -2.24. The standard InChI is InChI=1S/C19H20N4O/c1-13-8-6-9-14(2)16(13)11-20-19(24)17-12-23(22-21-17)18-10-5-4-7-15(18)3/h4-10,12H,11H2,1-3H3,(H,20,24). The van der Waals surface area contributed by atoms with E-state index in [0.717, 1.165) is 16.8 Å². The number of hydrogen-bond donors (Lipinski definition) is 1. The smallest absolute Gasteiger partial charge is 0.273 e. The second kappa shape index (κ2) is 6.66. The molecule has 0 aliphatic rings. The van der Waals surface area contributed by atoms with Gasteiger partial charge in [0.2, 0.25) is 0 Å². The molecular weight excluding hydrogens is 300 g/mol. The van der Waals surface area contributed by atoms with Gasteiger partial charge in [0.05, 0.1) is 11.9 Å². The van der Waals surface area contributed by atoms with Crippen LogP contribution in [0.5, 0.6) is 0 Å². The number of aromatic nitrogens is 3. The molecule has 0 aliphatic heterocycles. The molecule has 1 aromatic heterocycles. The van der Waals surface area contributed by atoms with Crippen LogP contribution in [0.3, 0.4) is 0 Å². The zero-order chi connectivity index (χ0) is 17.1. The molecule has 3 rings (SSSR count). The van der Waals surface area contributed by atoms with Gasteiger partial charge >= 0.3 is 0 Å². The third kappa shape index (κ3) is 3.20. The molecule has 0 fully saturated rings. The van der Waals surface area contributed by atoms with Gasteiger partial charge in [0.25, 0.3) is 5.91 Å². The lowest BCUT2D eigenvalue weighted by atomic mass is 10.0. The summed E-state index contributed by atoms with van der Waals surface area (Å²) in [6.07, 6.45) is 1.66. The summed E-state index contributed by atoms with van der Waals surface area (Å²) in [5.41, 5.74) is 5.77. The zero-order valence-corrected chi connectivity index (χ0v) is 14.1. The van der Waals surface area contributed by atoms with Crippen LogP contribution < -0.4 is 5.32 Å². The van der Waals surface area contributed by atoms with Gasteiger partial charge in [0, 0.05) is 6.54 Å². The molecule has 0 bridgehead atoms. The molecule has 2 aromatic carbocycles. The van der Waals surface area contributed by atoms with Crippen LogP contribution in [0.25, 0.3) is 5.69 Å². The second-order valence-corrected chi connectivity index (χ2v) is 5.89. The fourth-order valence-corrected chi connectivity index (χ4v) is 2.69. The van der Waals surface area contributed by atoms with Crippen LogP contribution in [-0.4, -0.2) is 20.9 Å². The molecule has 122 valence electrons. The van der Waals surface area contributed by atoms with Crippen molar-refractivity contribution in [2.45, 2.75) is 27.3 Å². The highest BCUT2D eigenvalue weighted by Crippen LogP contribution is 2.14. The van der Waals surface area contributed by atoms with Gasteiger partial charge in [-0.15, -0.1) is 5.10 Å². The van der Waals surface area contributed by atoms with Crippen LogP contribution in [0, 0.1) is 20.8 Å². The maximum absolute atomic E-state index is 12.3. The average molecular weight is 320 g/mol. The third-order valence-corrected chi connectivity index (χ3v) is 4.16. The first-order valence-electron chi connectivity index (χ1n) is 7.88. The summed E-state index contributed by atoms with van der Waals surface area (Å²) in [6, 6.07) is 14.0. The van der Waals surface area contributed by atoms with E-state index >= 15 is 0 Å². The Kier molecular flexibility index (Phi) is 4.42. The Morgan fingerprint density at radius 2 is 1.67 bits per heavy atom. The molecule has 0 aliphatic carbocycles. The van der Waals surface area contributed by atoms with E-state index in [9.17, 15) is 4.79 Å². The molecule has 0 atom stereocenters. The Bertz CT molecular complexity index is 862. The van der Waals surface area contributed by atoms with Gasteiger partial charge in [0.1, 0.15) is 0 Å². The van der Waals surface area contributed by atoms with Crippen molar-refractivity contribution in [2.24, 2.45) is 0 Å². The van der Waals surface area contributed by atoms with Crippen molar-refractivity contribution in [3.05, 3.63) is 76.6 Å². The van der Waals surface area contributed by atoms with Gasteiger partial charge in [0.15, 0.2) is 5.69 Å². The predicted octanol–water partition coefficient (Wildman–Crippen LogP) is 3.12. The summed E-state index contributed by atoms with van der Waals surface area (Å²) in [4.78, 5) is 12.3. The van der Waals surface area contributed by atoms with Crippen molar-refractivity contribution in [3.8, 4) is 5.69 Å². The van der Waals surface area contributed by atoms with Gasteiger partial charge in [-0.1, -0.05) is 41.6 Å². The number of nitrogens with zero attached hydrogens (tertiary/aromatic N) is 3. The van der Waals surface area contributed by atoms with Crippen LogP contribution in [0.1, 0.15) is 32.7 Å². The number of carbonyl (C=O) groups is 1. The number of rotatable bonds is 4. The highest BCUT2D eigenvalue weighted by Gasteiger charge is 2.13. The van der Waals surface area contributed by atoms with E-state index in [-0.39, 0.29) is 5.91 Å². The lowest BCUT2D eigenvalue weighted by molar-refractivity contribution is 0.0946. The highest BCUT2D eigenvalue weighted by atomic mass is 16.2. The summed E-state index contributed by atoms with van der Waals surface area (Å²) in [7, 11) is 0. The Hall–Kier alpha value is -2.95. The average Bonchev–Trinajstić information content (AvgIpc) is 3.04. The van der Waals surface area contributed by atoms with Crippen molar-refractivity contribution in [1.82, 2.24) is 20.3 Å². The first-order chi connectivity index (χ1) is 11.6. The summed E-state index contributed by atoms with van der Waals surface area (Å²) in [5, 5.41) is 11.0. The molecule has 5 nitrogen and oxygen atoms in total. The van der Waals surface area contributed by atoms with Crippen LogP contribution in [-0.2, 0) is 6.54 Å². The Labute approximate surface area is 141 Å². The number of para-hydroxylation sites is 1. The normalized spacial score (nSPS) is 10.6. The monoisotopic (exact) mass is 320 g/mol. The molecule has 0 saturated heterocycles. The molecule has 24 heavy (non-hydrogen) atoms. The van der Waals surface area contributed by atoms with E-state index < -0.39 is 0 Å². The maximum Gasteiger partial charge on any atom is 0.273 e. The van der Waals surface area contributed by atoms with Crippen molar-refractivity contribution in [1.29, 1.82) is 0 Å². The van der Waals surface area contributed by atoms with Crippen molar-refractivity contribution in [2.75, 3.05) is 0 Å². The number of hydrogen-bond acceptors (Lipinski definition) is 3. The quantitative estimate of drug-likeness (QED) is 0.803. The minimum Gasteiger partial charge on any atom is -0.346 e. The van der Waals surface area contributed by atoms with E-state index in [2.05, 4.69) is 15.6 Å². The van der Waals surface area contributed by atoms with E-state index in [1.165, 1.54) is 11.1 Å². The van der Waals surface area contributed by atoms with Gasteiger partial charge in [-0.25, -0.2) is 4.68 Å². The Balaban J connectivity index is 1.74. The van der Waals surface area contributed by atoms with E-state index in [0.29, 0.717) is 12.2 Å². The minimum atomic E-state index is -0.225. The SMILES string of the molecule is Cc1ccccc1-n1cc(C(=O)NCc2c(C)cccc2C)nn1. The van der Waals surface area contributed by atoms with Crippen LogP contribution in [0.15, 0.2) is 48.7 Å². The van der Waals surface area contributed by atoms with E-state index in [4.69, 9.17) is 0 Å². The summed E-state index contributed by atoms with van der Waals surface area (Å²) < 4.78 is 1.63. The first kappa shape index (κ1) is 15.9. The van der Waals surface area contributed by atoms with Crippen LogP contribution >= 0.6 is 0 Å². The second-order valence-electron chi connectivity index (χ2n) is 5.89. The minimum absolute atomic E-state index is 0.225. The number of nitrogens with one attached hydrogen (secondary N) is 1. The maximum atomic E-state index is 12.3. The van der Waals surface area contributed by atoms with Gasteiger partial charge in [-0.05, 0) is 49.1 Å². The molecule has 1 heterocycles. The van der Waals surface area contributed by atoms with Crippen LogP contribution in [0.2, 0.25) is 0 Å². The summed E-state index contributed by atoms with van der Waals surface area (Å²) in [6.45, 7) is 6.57. The molecular formula is C19H20N4O. The first-order valence-corrected chi connectivity index (χ1v) is 7.88. The van der Waals surface area contributed by atoms with Crippen molar-refractivity contribution < 1.29 is 4.79 Å². The van der Waals surface area contributed by atoms with E-state index in [1.54, 1.807) is 10.9 Å².